The van der Waals surface area contributed by atoms with Crippen molar-refractivity contribution in [2.24, 2.45) is 0 Å². The van der Waals surface area contributed by atoms with Crippen molar-refractivity contribution in [1.29, 1.82) is 0 Å². The van der Waals surface area contributed by atoms with Crippen LogP contribution < -0.4 is 9.64 Å². The number of para-hydroxylation sites is 1. The van der Waals surface area contributed by atoms with Gasteiger partial charge in [-0.15, -0.1) is 0 Å². The molecule has 0 aromatic heterocycles. The molecule has 0 aliphatic rings. The van der Waals surface area contributed by atoms with Gasteiger partial charge in [-0.05, 0) is 81.2 Å². The van der Waals surface area contributed by atoms with E-state index in [9.17, 15) is 9.18 Å². The van der Waals surface area contributed by atoms with Crippen LogP contribution in [-0.2, 0) is 0 Å². The van der Waals surface area contributed by atoms with Gasteiger partial charge in [-0.1, -0.05) is 18.2 Å². The number of amides is 1. The summed E-state index contributed by atoms with van der Waals surface area (Å²) in [4.78, 5) is 16.9. The molecule has 1 amide bonds. The van der Waals surface area contributed by atoms with Crippen molar-refractivity contribution >= 4 is 17.3 Å². The number of hydrogen-bond acceptors (Lipinski definition) is 3. The molecule has 0 radical (unpaired) electrons. The maximum atomic E-state index is 13.3. The molecule has 150 valence electrons. The Morgan fingerprint density at radius 3 is 2.10 bits per heavy atom. The first-order valence-corrected chi connectivity index (χ1v) is 9.57. The predicted molar refractivity (Wildman–Crippen MR) is 114 cm³/mol. The maximum absolute atomic E-state index is 13.3. The summed E-state index contributed by atoms with van der Waals surface area (Å²) >= 11 is 0. The molecule has 5 heteroatoms. The average molecular weight is 392 g/mol. The molecular formula is C24H25FN2O2. The third-order valence-electron chi connectivity index (χ3n) is 4.42. The van der Waals surface area contributed by atoms with Crippen molar-refractivity contribution in [3.8, 4) is 5.75 Å². The minimum atomic E-state index is -0.372. The molecule has 0 heterocycles. The summed E-state index contributed by atoms with van der Waals surface area (Å²) < 4.78 is 19.1. The molecule has 3 aromatic carbocycles. The summed E-state index contributed by atoms with van der Waals surface area (Å²) in [6.07, 6.45) is 0.938. The highest BCUT2D eigenvalue weighted by Crippen LogP contribution is 2.29. The summed E-state index contributed by atoms with van der Waals surface area (Å²) in [7, 11) is 4.07. The largest absolute Gasteiger partial charge is 0.494 e. The fourth-order valence-corrected chi connectivity index (χ4v) is 2.94. The first-order valence-electron chi connectivity index (χ1n) is 9.57. The Balaban J connectivity index is 1.81. The van der Waals surface area contributed by atoms with E-state index < -0.39 is 0 Å². The Morgan fingerprint density at radius 2 is 1.48 bits per heavy atom. The Hall–Kier alpha value is -3.18. The van der Waals surface area contributed by atoms with Gasteiger partial charge in [-0.2, -0.15) is 0 Å². The molecule has 29 heavy (non-hydrogen) atoms. The third kappa shape index (κ3) is 5.65. The summed E-state index contributed by atoms with van der Waals surface area (Å²) in [6.45, 7) is 1.60. The number of carbonyl (C=O) groups is 1. The molecule has 0 unspecified atom stereocenters. The van der Waals surface area contributed by atoms with E-state index in [0.29, 0.717) is 17.9 Å². The average Bonchev–Trinajstić information content (AvgIpc) is 2.73. The van der Waals surface area contributed by atoms with Gasteiger partial charge in [0.1, 0.15) is 11.6 Å². The van der Waals surface area contributed by atoms with E-state index in [0.717, 1.165) is 24.4 Å². The molecule has 3 aromatic rings. The van der Waals surface area contributed by atoms with Crippen molar-refractivity contribution in [2.75, 3.05) is 32.1 Å². The lowest BCUT2D eigenvalue weighted by Crippen LogP contribution is -2.25. The van der Waals surface area contributed by atoms with Crippen molar-refractivity contribution in [3.05, 3.63) is 90.2 Å². The standard InChI is InChI=1S/C24H25FN2O2/c1-26(2)17-6-18-29-23-15-13-22(14-16-23)27(21-7-4-3-5-8-21)24(28)19-9-11-20(25)12-10-19/h3-5,7-16H,6,17-18H2,1-2H3. The lowest BCUT2D eigenvalue weighted by atomic mass is 10.1. The molecule has 0 atom stereocenters. The molecule has 0 N–H and O–H groups in total. The van der Waals surface area contributed by atoms with Crippen molar-refractivity contribution in [2.45, 2.75) is 6.42 Å². The third-order valence-corrected chi connectivity index (χ3v) is 4.42. The van der Waals surface area contributed by atoms with E-state index in [1.165, 1.54) is 24.3 Å². The van der Waals surface area contributed by atoms with Gasteiger partial charge in [0, 0.05) is 23.5 Å². The molecule has 0 saturated carbocycles. The highest BCUT2D eigenvalue weighted by atomic mass is 19.1. The zero-order valence-electron chi connectivity index (χ0n) is 16.7. The number of ether oxygens (including phenoxy) is 1. The molecular weight excluding hydrogens is 367 g/mol. The first kappa shape index (κ1) is 20.6. The molecule has 0 saturated heterocycles. The Morgan fingerprint density at radius 1 is 0.862 bits per heavy atom. The van der Waals surface area contributed by atoms with Crippen molar-refractivity contribution < 1.29 is 13.9 Å². The van der Waals surface area contributed by atoms with Gasteiger partial charge >= 0.3 is 0 Å². The zero-order valence-corrected chi connectivity index (χ0v) is 16.7. The minimum Gasteiger partial charge on any atom is -0.494 e. The fourth-order valence-electron chi connectivity index (χ4n) is 2.94. The van der Waals surface area contributed by atoms with Crippen LogP contribution >= 0.6 is 0 Å². The molecule has 4 nitrogen and oxygen atoms in total. The first-order chi connectivity index (χ1) is 14.0. The second-order valence-electron chi connectivity index (χ2n) is 6.98. The second kappa shape index (κ2) is 9.85. The van der Waals surface area contributed by atoms with Gasteiger partial charge < -0.3 is 9.64 Å². The molecule has 0 spiro atoms. The Labute approximate surface area is 171 Å². The molecule has 0 fully saturated rings. The number of halogens is 1. The van der Waals surface area contributed by atoms with Crippen LogP contribution in [0.4, 0.5) is 15.8 Å². The maximum Gasteiger partial charge on any atom is 0.262 e. The van der Waals surface area contributed by atoms with Gasteiger partial charge in [0.25, 0.3) is 5.91 Å². The van der Waals surface area contributed by atoms with Crippen LogP contribution in [0.3, 0.4) is 0 Å². The predicted octanol–water partition coefficient (Wildman–Crippen LogP) is 5.13. The topological polar surface area (TPSA) is 32.8 Å². The van der Waals surface area contributed by atoms with E-state index in [2.05, 4.69) is 4.90 Å². The summed E-state index contributed by atoms with van der Waals surface area (Å²) in [6, 6.07) is 22.4. The fraction of sp³-hybridized carbons (Fsp3) is 0.208. The van der Waals surface area contributed by atoms with E-state index in [4.69, 9.17) is 4.74 Å². The highest BCUT2D eigenvalue weighted by Gasteiger charge is 2.20. The normalized spacial score (nSPS) is 10.8. The van der Waals surface area contributed by atoms with E-state index in [1.54, 1.807) is 4.90 Å². The second-order valence-corrected chi connectivity index (χ2v) is 6.98. The van der Waals surface area contributed by atoms with Crippen LogP contribution in [-0.4, -0.2) is 38.1 Å². The number of hydrogen-bond donors (Lipinski definition) is 0. The number of anilines is 2. The van der Waals surface area contributed by atoms with Gasteiger partial charge in [-0.3, -0.25) is 9.69 Å². The van der Waals surface area contributed by atoms with Gasteiger partial charge in [0.15, 0.2) is 0 Å². The van der Waals surface area contributed by atoms with E-state index >= 15 is 0 Å². The van der Waals surface area contributed by atoms with Crippen LogP contribution in [0.25, 0.3) is 0 Å². The van der Waals surface area contributed by atoms with Crippen LogP contribution in [0.2, 0.25) is 0 Å². The monoisotopic (exact) mass is 392 g/mol. The number of benzene rings is 3. The molecule has 0 bridgehead atoms. The lowest BCUT2D eigenvalue weighted by molar-refractivity contribution is 0.0999. The van der Waals surface area contributed by atoms with Gasteiger partial charge in [0.05, 0.1) is 6.61 Å². The van der Waals surface area contributed by atoms with Crippen LogP contribution in [0, 0.1) is 5.82 Å². The number of nitrogens with zero attached hydrogens (tertiary/aromatic N) is 2. The number of carbonyl (C=O) groups excluding carboxylic acids is 1. The van der Waals surface area contributed by atoms with E-state index in [-0.39, 0.29) is 11.7 Å². The molecule has 0 aliphatic carbocycles. The van der Waals surface area contributed by atoms with Crippen LogP contribution in [0.1, 0.15) is 16.8 Å². The minimum absolute atomic E-state index is 0.226. The van der Waals surface area contributed by atoms with Gasteiger partial charge in [0.2, 0.25) is 0 Å². The van der Waals surface area contributed by atoms with Crippen LogP contribution in [0.5, 0.6) is 5.75 Å². The van der Waals surface area contributed by atoms with E-state index in [1.807, 2.05) is 68.7 Å². The highest BCUT2D eigenvalue weighted by molar-refractivity contribution is 6.10. The smallest absolute Gasteiger partial charge is 0.262 e. The van der Waals surface area contributed by atoms with Crippen molar-refractivity contribution in [3.63, 3.8) is 0 Å². The summed E-state index contributed by atoms with van der Waals surface area (Å²) in [5.74, 6) is 0.161. The summed E-state index contributed by atoms with van der Waals surface area (Å²) in [5, 5.41) is 0. The van der Waals surface area contributed by atoms with Crippen molar-refractivity contribution in [1.82, 2.24) is 4.90 Å². The summed E-state index contributed by atoms with van der Waals surface area (Å²) in [5.41, 5.74) is 1.87. The molecule has 3 rings (SSSR count). The zero-order chi connectivity index (χ0) is 20.6. The Kier molecular flexibility index (Phi) is 6.98. The number of rotatable bonds is 8. The SMILES string of the molecule is CN(C)CCCOc1ccc(N(C(=O)c2ccc(F)cc2)c2ccccc2)cc1. The Bertz CT molecular complexity index is 910. The molecule has 0 aliphatic heterocycles. The van der Waals surface area contributed by atoms with Crippen LogP contribution in [0.15, 0.2) is 78.9 Å². The lowest BCUT2D eigenvalue weighted by Gasteiger charge is -2.23. The quantitative estimate of drug-likeness (QED) is 0.498. The van der Waals surface area contributed by atoms with Gasteiger partial charge in [-0.25, -0.2) is 4.39 Å².